The molecule has 1 aromatic heterocycles. The molecule has 2 N–H and O–H groups in total. The first-order valence-electron chi connectivity index (χ1n) is 5.98. The Hall–Kier alpha value is -1.13. The number of benzene rings is 1. The van der Waals surface area contributed by atoms with Crippen molar-refractivity contribution in [1.82, 2.24) is 0 Å². The second-order valence-corrected chi connectivity index (χ2v) is 5.78. The van der Waals surface area contributed by atoms with Gasteiger partial charge in [0.05, 0.1) is 4.70 Å². The summed E-state index contributed by atoms with van der Waals surface area (Å²) in [5.41, 5.74) is 8.00. The maximum absolute atomic E-state index is 11.2. The molecule has 0 amide bonds. The van der Waals surface area contributed by atoms with Crippen molar-refractivity contribution in [3.05, 3.63) is 33.5 Å². The molecule has 0 aliphatic heterocycles. The van der Waals surface area contributed by atoms with Crippen LogP contribution in [0.5, 0.6) is 0 Å². The van der Waals surface area contributed by atoms with Crippen molar-refractivity contribution < 1.29 is 4.42 Å². The summed E-state index contributed by atoms with van der Waals surface area (Å²) < 4.78 is 6.10. The van der Waals surface area contributed by atoms with E-state index in [0.717, 1.165) is 28.9 Å². The van der Waals surface area contributed by atoms with Crippen LogP contribution in [-0.2, 0) is 5.41 Å². The van der Waals surface area contributed by atoms with Crippen molar-refractivity contribution in [3.8, 4) is 0 Å². The summed E-state index contributed by atoms with van der Waals surface area (Å²) in [4.78, 5) is 11.0. The Balaban J connectivity index is 2.13. The summed E-state index contributed by atoms with van der Waals surface area (Å²) in [7, 11) is 0. The zero-order valence-electron chi connectivity index (χ0n) is 9.57. The summed E-state index contributed by atoms with van der Waals surface area (Å²) in [6.45, 7) is 0.673. The van der Waals surface area contributed by atoms with E-state index < -0.39 is 0 Å². The van der Waals surface area contributed by atoms with Crippen LogP contribution in [-0.4, -0.2) is 6.54 Å². The minimum atomic E-state index is -0.231. The summed E-state index contributed by atoms with van der Waals surface area (Å²) in [5.74, 6) is 0. The van der Waals surface area contributed by atoms with E-state index in [9.17, 15) is 4.79 Å². The van der Waals surface area contributed by atoms with E-state index in [1.54, 1.807) is 0 Å². The minimum absolute atomic E-state index is 0.106. The van der Waals surface area contributed by atoms with Gasteiger partial charge in [0.2, 0.25) is 0 Å². The second kappa shape index (κ2) is 3.96. The number of nitrogens with two attached hydrogens (primary N) is 1. The predicted octanol–water partition coefficient (Wildman–Crippen LogP) is 2.63. The molecule has 0 spiro atoms. The largest absolute Gasteiger partial charge is 0.414 e. The van der Waals surface area contributed by atoms with Crippen molar-refractivity contribution >= 4 is 21.6 Å². The molecule has 0 bridgehead atoms. The number of hydrogen-bond donors (Lipinski definition) is 1. The molecule has 1 heterocycles. The van der Waals surface area contributed by atoms with Crippen LogP contribution >= 0.6 is 11.3 Å². The van der Waals surface area contributed by atoms with Crippen LogP contribution in [0.2, 0.25) is 0 Å². The molecule has 3 rings (SSSR count). The van der Waals surface area contributed by atoms with Gasteiger partial charge in [-0.05, 0) is 30.5 Å². The molecule has 0 unspecified atom stereocenters. The van der Waals surface area contributed by atoms with Crippen molar-refractivity contribution in [2.24, 2.45) is 5.73 Å². The van der Waals surface area contributed by atoms with E-state index >= 15 is 0 Å². The summed E-state index contributed by atoms with van der Waals surface area (Å²) in [6, 6.07) is 6.09. The van der Waals surface area contributed by atoms with Gasteiger partial charge in [-0.1, -0.05) is 30.2 Å². The number of hydrogen-bond acceptors (Lipinski definition) is 4. The van der Waals surface area contributed by atoms with Gasteiger partial charge >= 0.3 is 4.94 Å². The lowest BCUT2D eigenvalue weighted by Gasteiger charge is -2.27. The van der Waals surface area contributed by atoms with Gasteiger partial charge in [0, 0.05) is 12.0 Å². The third-order valence-corrected chi connectivity index (χ3v) is 4.70. The van der Waals surface area contributed by atoms with Gasteiger partial charge in [0.15, 0.2) is 0 Å². The Labute approximate surface area is 103 Å². The molecule has 0 atom stereocenters. The maximum atomic E-state index is 11.2. The SMILES string of the molecule is NCC1(c2ccc3sc(=O)oc3c2)CCCC1. The van der Waals surface area contributed by atoms with Crippen molar-refractivity contribution in [3.63, 3.8) is 0 Å². The topological polar surface area (TPSA) is 56.2 Å². The van der Waals surface area contributed by atoms with E-state index in [-0.39, 0.29) is 10.4 Å². The first-order chi connectivity index (χ1) is 8.23. The Morgan fingerprint density at radius 1 is 1.35 bits per heavy atom. The predicted molar refractivity (Wildman–Crippen MR) is 69.6 cm³/mol. The molecule has 1 aromatic carbocycles. The molecule has 0 saturated heterocycles. The highest BCUT2D eigenvalue weighted by molar-refractivity contribution is 7.16. The molecule has 1 fully saturated rings. The van der Waals surface area contributed by atoms with Crippen LogP contribution in [0.25, 0.3) is 10.3 Å². The average Bonchev–Trinajstić information content (AvgIpc) is 2.93. The number of fused-ring (bicyclic) bond motifs is 1. The Morgan fingerprint density at radius 2 is 2.12 bits per heavy atom. The smallest absolute Gasteiger partial charge is 0.396 e. The van der Waals surface area contributed by atoms with Gasteiger partial charge in [-0.2, -0.15) is 0 Å². The fourth-order valence-corrected chi connectivity index (χ4v) is 3.51. The monoisotopic (exact) mass is 249 g/mol. The van der Waals surface area contributed by atoms with Crippen molar-refractivity contribution in [1.29, 1.82) is 0 Å². The van der Waals surface area contributed by atoms with Gasteiger partial charge in [0.1, 0.15) is 5.58 Å². The maximum Gasteiger partial charge on any atom is 0.396 e. The zero-order chi connectivity index (χ0) is 11.9. The highest BCUT2D eigenvalue weighted by Gasteiger charge is 2.34. The Bertz CT molecular complexity index is 593. The Kier molecular flexibility index (Phi) is 2.56. The normalized spacial score (nSPS) is 18.9. The van der Waals surface area contributed by atoms with Crippen LogP contribution in [0.4, 0.5) is 0 Å². The van der Waals surface area contributed by atoms with Crippen LogP contribution in [0.1, 0.15) is 31.2 Å². The lowest BCUT2D eigenvalue weighted by Crippen LogP contribution is -2.31. The standard InChI is InChI=1S/C13H15NO2S/c14-8-13(5-1-2-6-13)9-3-4-11-10(7-9)16-12(15)17-11/h3-4,7H,1-2,5-6,8,14H2. The molecule has 90 valence electrons. The molecule has 1 aliphatic rings. The molecule has 1 saturated carbocycles. The molecule has 3 nitrogen and oxygen atoms in total. The van der Waals surface area contributed by atoms with Gasteiger partial charge in [-0.15, -0.1) is 0 Å². The fourth-order valence-electron chi connectivity index (χ4n) is 2.86. The van der Waals surface area contributed by atoms with E-state index in [4.69, 9.17) is 10.2 Å². The molecular weight excluding hydrogens is 234 g/mol. The minimum Gasteiger partial charge on any atom is -0.414 e. The first kappa shape index (κ1) is 11.0. The van der Waals surface area contributed by atoms with E-state index in [1.165, 1.54) is 18.4 Å². The first-order valence-corrected chi connectivity index (χ1v) is 6.79. The summed E-state index contributed by atoms with van der Waals surface area (Å²) in [6.07, 6.45) is 4.76. The van der Waals surface area contributed by atoms with E-state index in [0.29, 0.717) is 12.1 Å². The van der Waals surface area contributed by atoms with Gasteiger partial charge in [0.25, 0.3) is 0 Å². The third-order valence-electron chi connectivity index (χ3n) is 3.89. The lowest BCUT2D eigenvalue weighted by atomic mass is 9.79. The van der Waals surface area contributed by atoms with Gasteiger partial charge in [-0.25, -0.2) is 4.79 Å². The summed E-state index contributed by atoms with van der Waals surface area (Å²) in [5, 5.41) is 0. The van der Waals surface area contributed by atoms with Crippen molar-refractivity contribution in [2.45, 2.75) is 31.1 Å². The fraction of sp³-hybridized carbons (Fsp3) is 0.462. The van der Waals surface area contributed by atoms with Gasteiger partial charge in [-0.3, -0.25) is 0 Å². The lowest BCUT2D eigenvalue weighted by molar-refractivity contribution is 0.452. The average molecular weight is 249 g/mol. The zero-order valence-corrected chi connectivity index (χ0v) is 10.4. The van der Waals surface area contributed by atoms with Crippen LogP contribution in [0, 0.1) is 0 Å². The van der Waals surface area contributed by atoms with E-state index in [1.807, 2.05) is 12.1 Å². The molecular formula is C13H15NO2S. The molecule has 0 radical (unpaired) electrons. The summed E-state index contributed by atoms with van der Waals surface area (Å²) >= 11 is 1.16. The van der Waals surface area contributed by atoms with Crippen LogP contribution in [0.3, 0.4) is 0 Å². The van der Waals surface area contributed by atoms with E-state index in [2.05, 4.69) is 6.07 Å². The molecule has 1 aliphatic carbocycles. The number of rotatable bonds is 2. The molecule has 2 aromatic rings. The Morgan fingerprint density at radius 3 is 2.82 bits per heavy atom. The van der Waals surface area contributed by atoms with Crippen molar-refractivity contribution in [2.75, 3.05) is 6.54 Å². The molecule has 4 heteroatoms. The van der Waals surface area contributed by atoms with Crippen LogP contribution in [0.15, 0.2) is 27.4 Å². The molecule has 17 heavy (non-hydrogen) atoms. The second-order valence-electron chi connectivity index (χ2n) is 4.81. The quantitative estimate of drug-likeness (QED) is 0.890. The highest BCUT2D eigenvalue weighted by atomic mass is 32.1. The van der Waals surface area contributed by atoms with Gasteiger partial charge < -0.3 is 10.2 Å². The third kappa shape index (κ3) is 1.72. The highest BCUT2D eigenvalue weighted by Crippen LogP contribution is 2.41. The van der Waals surface area contributed by atoms with Crippen LogP contribution < -0.4 is 10.7 Å².